The smallest absolute Gasteiger partial charge is 0.859 e. The molecule has 1 amide bonds. The molecule has 4 rings (SSSR count). The quantitative estimate of drug-likeness (QED) is 0.289. The van der Waals surface area contributed by atoms with Gasteiger partial charge in [-0.2, -0.15) is 0 Å². The predicted octanol–water partition coefficient (Wildman–Crippen LogP) is -2.85. The van der Waals surface area contributed by atoms with Gasteiger partial charge >= 0.3 is 51.4 Å². The molecule has 1 atom stereocenters. The molecule has 0 saturated heterocycles. The van der Waals surface area contributed by atoms with Crippen molar-refractivity contribution in [3.63, 3.8) is 0 Å². The van der Waals surface area contributed by atoms with Gasteiger partial charge in [-0.25, -0.2) is 4.98 Å². The van der Waals surface area contributed by atoms with E-state index >= 15 is 0 Å². The second-order valence-electron chi connectivity index (χ2n) is 6.99. The van der Waals surface area contributed by atoms with Crippen molar-refractivity contribution in [3.05, 3.63) is 73.4 Å². The van der Waals surface area contributed by atoms with E-state index in [-0.39, 0.29) is 81.0 Å². The van der Waals surface area contributed by atoms with E-state index in [4.69, 9.17) is 5.73 Å². The topological polar surface area (TPSA) is 150 Å². The van der Waals surface area contributed by atoms with Crippen molar-refractivity contribution in [2.75, 3.05) is 11.1 Å². The molecule has 10 heteroatoms. The Hall–Kier alpha value is -2.11. The van der Waals surface area contributed by atoms with E-state index in [2.05, 4.69) is 20.6 Å². The number of nitrogens with one attached hydrogen (secondary N) is 2. The summed E-state index contributed by atoms with van der Waals surface area (Å²) in [5.41, 5.74) is 7.60. The summed E-state index contributed by atoms with van der Waals surface area (Å²) in [6.45, 7) is 0.249. The van der Waals surface area contributed by atoms with Crippen molar-refractivity contribution in [2.24, 2.45) is 0 Å². The van der Waals surface area contributed by atoms with Gasteiger partial charge in [0.25, 0.3) is 16.8 Å². The van der Waals surface area contributed by atoms with E-state index < -0.39 is 22.6 Å². The molecule has 0 bridgehead atoms. The summed E-state index contributed by atoms with van der Waals surface area (Å²) in [6, 6.07) is 6.83. The third-order valence-corrected chi connectivity index (χ3v) is 5.12. The van der Waals surface area contributed by atoms with Gasteiger partial charge in [0.05, 0.1) is 6.04 Å². The number of benzene rings is 1. The fourth-order valence-electron chi connectivity index (χ4n) is 3.57. The minimum atomic E-state index is -0.647. The van der Waals surface area contributed by atoms with Crippen molar-refractivity contribution in [3.8, 4) is 5.88 Å². The number of nitrogen functional groups attached to an aromatic ring is 1. The Labute approximate surface area is 214 Å². The summed E-state index contributed by atoms with van der Waals surface area (Å²) in [6.07, 6.45) is 3.71. The normalized spacial score (nSPS) is 15.1. The first-order valence-electron chi connectivity index (χ1n) is 9.18. The summed E-state index contributed by atoms with van der Waals surface area (Å²) in [7, 11) is 0. The van der Waals surface area contributed by atoms with Gasteiger partial charge in [0, 0.05) is 6.54 Å². The molecule has 2 aromatic carbocycles. The summed E-state index contributed by atoms with van der Waals surface area (Å²) in [5, 5.41) is 17.1. The number of amides is 1. The number of hydrogen-bond acceptors (Lipinski definition) is 8. The van der Waals surface area contributed by atoms with Crippen LogP contribution in [0.15, 0.2) is 40.2 Å². The monoisotopic (exact) mass is 431 g/mol. The van der Waals surface area contributed by atoms with Crippen molar-refractivity contribution in [1.82, 2.24) is 15.3 Å². The predicted molar refractivity (Wildman–Crippen MR) is 104 cm³/mol. The van der Waals surface area contributed by atoms with Crippen molar-refractivity contribution >= 4 is 17.3 Å². The van der Waals surface area contributed by atoms with Crippen LogP contribution in [0, 0.1) is 0 Å². The third kappa shape index (κ3) is 4.47. The van der Waals surface area contributed by atoms with Crippen molar-refractivity contribution in [2.45, 2.75) is 31.8 Å². The van der Waals surface area contributed by atoms with Gasteiger partial charge in [-0.05, 0) is 47.9 Å². The van der Waals surface area contributed by atoms with Crippen molar-refractivity contribution < 1.29 is 61.3 Å². The second kappa shape index (κ2) is 9.35. The number of anilines is 2. The first-order valence-corrected chi connectivity index (χ1v) is 9.18. The molecule has 1 aliphatic rings. The molecule has 0 saturated carbocycles. The van der Waals surface area contributed by atoms with Gasteiger partial charge in [-0.15, -0.1) is 0 Å². The average Bonchev–Trinajstić information content (AvgIpc) is 2.75. The van der Waals surface area contributed by atoms with Crippen LogP contribution < -0.4 is 83.7 Å². The van der Waals surface area contributed by atoms with Crippen LogP contribution in [0.2, 0.25) is 0 Å². The number of nitrogens with two attached hydrogens (primary N) is 1. The van der Waals surface area contributed by atoms with E-state index in [0.29, 0.717) is 0 Å². The molecule has 0 spiro atoms. The van der Waals surface area contributed by atoms with Gasteiger partial charge in [-0.3, -0.25) is 19.4 Å². The SMILES string of the molecule is Nc1c(NC2CCCc3ccc(CNC(=O)c4cc([O-])ncn4)cc32)c(=O)c1=O.[K+]. The number of carbonyl (C=O) groups excluding carboxylic acids is 1. The molecule has 1 unspecified atom stereocenters. The molecule has 3 aromatic rings. The summed E-state index contributed by atoms with van der Waals surface area (Å²) in [4.78, 5) is 42.5. The number of fused-ring (bicyclic) bond motifs is 1. The van der Waals surface area contributed by atoms with Gasteiger partial charge in [0.1, 0.15) is 23.4 Å². The van der Waals surface area contributed by atoms with Crippen LogP contribution in [0.1, 0.15) is 46.1 Å². The van der Waals surface area contributed by atoms with Gasteiger partial charge < -0.3 is 21.5 Å². The largest absolute Gasteiger partial charge is 1.00 e. The Morgan fingerprint density at radius 1 is 1.20 bits per heavy atom. The molecule has 148 valence electrons. The van der Waals surface area contributed by atoms with E-state index in [0.717, 1.165) is 48.3 Å². The maximum atomic E-state index is 12.2. The van der Waals surface area contributed by atoms with Crippen molar-refractivity contribution in [1.29, 1.82) is 0 Å². The van der Waals surface area contributed by atoms with Gasteiger partial charge in [0.15, 0.2) is 0 Å². The molecule has 1 aliphatic carbocycles. The Kier molecular flexibility index (Phi) is 7.04. The molecular weight excluding hydrogens is 413 g/mol. The molecule has 9 nitrogen and oxygen atoms in total. The Morgan fingerprint density at radius 3 is 2.73 bits per heavy atom. The second-order valence-corrected chi connectivity index (χ2v) is 6.99. The number of aromatic nitrogens is 2. The Morgan fingerprint density at radius 2 is 2.00 bits per heavy atom. The maximum absolute atomic E-state index is 12.2. The zero-order valence-corrected chi connectivity index (χ0v) is 19.5. The number of hydrogen-bond donors (Lipinski definition) is 3. The zero-order chi connectivity index (χ0) is 20.5. The van der Waals surface area contributed by atoms with Crippen LogP contribution in [-0.4, -0.2) is 15.9 Å². The van der Waals surface area contributed by atoms with Crippen LogP contribution in [0.3, 0.4) is 0 Å². The number of rotatable bonds is 5. The average molecular weight is 431 g/mol. The van der Waals surface area contributed by atoms with E-state index in [1.54, 1.807) is 0 Å². The molecule has 1 heterocycles. The fourth-order valence-corrected chi connectivity index (χ4v) is 3.57. The van der Waals surface area contributed by atoms with Gasteiger partial charge in [-0.1, -0.05) is 18.2 Å². The van der Waals surface area contributed by atoms with Crippen LogP contribution in [0.4, 0.5) is 11.4 Å². The van der Waals surface area contributed by atoms with E-state index in [1.165, 1.54) is 0 Å². The number of nitrogens with zero attached hydrogens (tertiary/aromatic N) is 2. The van der Waals surface area contributed by atoms with Crippen LogP contribution >= 0.6 is 0 Å². The summed E-state index contributed by atoms with van der Waals surface area (Å²) >= 11 is 0. The molecular formula is C20H18KN5O4. The first-order chi connectivity index (χ1) is 13.9. The maximum Gasteiger partial charge on any atom is 1.00 e. The summed E-state index contributed by atoms with van der Waals surface area (Å²) < 4.78 is 0. The van der Waals surface area contributed by atoms with Crippen LogP contribution in [0.5, 0.6) is 5.88 Å². The first kappa shape index (κ1) is 22.6. The Balaban J connectivity index is 0.00000256. The molecule has 1 aromatic heterocycles. The molecule has 4 N–H and O–H groups in total. The third-order valence-electron chi connectivity index (χ3n) is 5.12. The van der Waals surface area contributed by atoms with Crippen LogP contribution in [0.25, 0.3) is 0 Å². The standard InChI is InChI=1S/C20H19N5O4.K/c21-16-17(19(28)18(16)27)25-13-3-1-2-11-5-4-10(6-12(11)13)8-22-20(29)14-7-15(26)24-9-23-14;/h4-7,9,13,25H,1-3,8,21H2,(H,22,29)(H,23,24,26);/q;+1/p-1. The number of aryl methyl sites for hydroxylation is 1. The minimum Gasteiger partial charge on any atom is -0.859 e. The molecule has 30 heavy (non-hydrogen) atoms. The molecule has 0 fully saturated rings. The van der Waals surface area contributed by atoms with E-state index in [1.807, 2.05) is 18.2 Å². The van der Waals surface area contributed by atoms with Crippen LogP contribution in [-0.2, 0) is 13.0 Å². The fraction of sp³-hybridized carbons (Fsp3) is 0.250. The minimum absolute atomic E-state index is 0. The zero-order valence-electron chi connectivity index (χ0n) is 16.4. The van der Waals surface area contributed by atoms with E-state index in [9.17, 15) is 19.5 Å². The molecule has 0 aliphatic heterocycles. The van der Waals surface area contributed by atoms with Gasteiger partial charge in [0.2, 0.25) is 0 Å². The summed E-state index contributed by atoms with van der Waals surface area (Å²) in [5.74, 6) is -0.987. The Bertz CT molecular complexity index is 1170. The number of carbonyl (C=O) groups is 1. The molecule has 0 radical (unpaired) electrons.